The van der Waals surface area contributed by atoms with Gasteiger partial charge in [0.25, 0.3) is 0 Å². The summed E-state index contributed by atoms with van der Waals surface area (Å²) < 4.78 is 12.9. The minimum Gasteiger partial charge on any atom is -0.384 e. The molecule has 116 valence electrons. The van der Waals surface area contributed by atoms with E-state index < -0.39 is 29.5 Å². The molecular weight excluding hydrogens is 301 g/mol. The molecule has 2 aromatic rings. The van der Waals surface area contributed by atoms with Crippen molar-refractivity contribution in [2.45, 2.75) is 12.1 Å². The van der Waals surface area contributed by atoms with Crippen molar-refractivity contribution in [3.8, 4) is 0 Å². The van der Waals surface area contributed by atoms with E-state index in [-0.39, 0.29) is 11.1 Å². The number of azide groups is 1. The van der Waals surface area contributed by atoms with Gasteiger partial charge in [-0.05, 0) is 29.8 Å². The van der Waals surface area contributed by atoms with Crippen LogP contribution in [-0.4, -0.2) is 28.8 Å². The Morgan fingerprint density at radius 1 is 1.00 bits per heavy atom. The van der Waals surface area contributed by atoms with Crippen molar-refractivity contribution in [3.63, 3.8) is 0 Å². The maximum absolute atomic E-state index is 12.9. The number of ketones is 2. The van der Waals surface area contributed by atoms with Crippen LogP contribution < -0.4 is 0 Å². The summed E-state index contributed by atoms with van der Waals surface area (Å²) in [4.78, 5) is 27.0. The molecule has 0 radical (unpaired) electrons. The Bertz CT molecular complexity index is 756. The van der Waals surface area contributed by atoms with E-state index in [9.17, 15) is 19.1 Å². The Morgan fingerprint density at radius 3 is 2.13 bits per heavy atom. The lowest BCUT2D eigenvalue weighted by Gasteiger charge is -2.16. The van der Waals surface area contributed by atoms with Crippen molar-refractivity contribution in [2.75, 3.05) is 0 Å². The molecular formula is C16H12FN3O3. The third-order valence-electron chi connectivity index (χ3n) is 3.20. The zero-order chi connectivity index (χ0) is 16.8. The Morgan fingerprint density at radius 2 is 1.57 bits per heavy atom. The van der Waals surface area contributed by atoms with Crippen molar-refractivity contribution in [1.29, 1.82) is 0 Å². The first-order valence-corrected chi connectivity index (χ1v) is 6.66. The molecule has 7 heteroatoms. The number of carbonyl (C=O) groups is 2. The van der Waals surface area contributed by atoms with Crippen LogP contribution in [0.2, 0.25) is 0 Å². The number of aliphatic hydroxyl groups is 1. The molecule has 0 aliphatic heterocycles. The number of carbonyl (C=O) groups excluding carboxylic acids is 2. The van der Waals surface area contributed by atoms with Crippen LogP contribution in [0.25, 0.3) is 10.4 Å². The normalized spacial score (nSPS) is 12.8. The van der Waals surface area contributed by atoms with Gasteiger partial charge in [0.05, 0.1) is 0 Å². The highest BCUT2D eigenvalue weighted by molar-refractivity contribution is 6.07. The molecule has 0 aliphatic carbocycles. The Hall–Kier alpha value is -3.02. The van der Waals surface area contributed by atoms with E-state index in [1.165, 1.54) is 24.3 Å². The molecule has 0 bridgehead atoms. The molecule has 2 aromatic carbocycles. The number of hydrogen-bond acceptors (Lipinski definition) is 4. The highest BCUT2D eigenvalue weighted by Crippen LogP contribution is 2.15. The van der Waals surface area contributed by atoms with Crippen molar-refractivity contribution in [3.05, 3.63) is 82.0 Å². The molecule has 0 spiro atoms. The average Bonchev–Trinajstić information content (AvgIpc) is 2.59. The molecule has 0 amide bonds. The molecule has 1 N–H and O–H groups in total. The first-order chi connectivity index (χ1) is 11.0. The summed E-state index contributed by atoms with van der Waals surface area (Å²) in [7, 11) is 0. The molecule has 6 nitrogen and oxygen atoms in total. The number of hydrogen-bond donors (Lipinski definition) is 1. The minimum absolute atomic E-state index is 0.0312. The van der Waals surface area contributed by atoms with Crippen molar-refractivity contribution < 1.29 is 19.1 Å². The van der Waals surface area contributed by atoms with E-state index in [0.29, 0.717) is 0 Å². The van der Waals surface area contributed by atoms with Crippen molar-refractivity contribution >= 4 is 11.6 Å². The molecule has 0 aromatic heterocycles. The lowest BCUT2D eigenvalue weighted by Crippen LogP contribution is -2.38. The zero-order valence-electron chi connectivity index (χ0n) is 11.8. The quantitative estimate of drug-likeness (QED) is 0.384. The molecule has 0 heterocycles. The van der Waals surface area contributed by atoms with Gasteiger partial charge in [0, 0.05) is 16.0 Å². The third-order valence-corrected chi connectivity index (χ3v) is 3.20. The Kier molecular flexibility index (Phi) is 5.19. The fourth-order valence-electron chi connectivity index (χ4n) is 2.02. The number of Topliss-reactive ketones (excluding diaryl/α,β-unsaturated/α-hetero) is 2. The predicted octanol–water partition coefficient (Wildman–Crippen LogP) is 2.93. The van der Waals surface area contributed by atoms with Crippen LogP contribution in [0.5, 0.6) is 0 Å². The smallest absolute Gasteiger partial charge is 0.192 e. The van der Waals surface area contributed by atoms with Gasteiger partial charge in [0.2, 0.25) is 0 Å². The average molecular weight is 313 g/mol. The fourth-order valence-corrected chi connectivity index (χ4v) is 2.02. The van der Waals surface area contributed by atoms with Gasteiger partial charge >= 0.3 is 0 Å². The Labute approximate surface area is 130 Å². The molecule has 0 unspecified atom stereocenters. The summed E-state index contributed by atoms with van der Waals surface area (Å²) in [5.74, 6) is -2.04. The molecule has 23 heavy (non-hydrogen) atoms. The summed E-state index contributed by atoms with van der Waals surface area (Å²) in [6.07, 6.45) is -1.83. The van der Waals surface area contributed by atoms with E-state index in [1.54, 1.807) is 18.2 Å². The van der Waals surface area contributed by atoms with Gasteiger partial charge in [0.15, 0.2) is 11.6 Å². The number of benzene rings is 2. The largest absolute Gasteiger partial charge is 0.384 e. The lowest BCUT2D eigenvalue weighted by atomic mass is 9.95. The van der Waals surface area contributed by atoms with Gasteiger partial charge in [-0.15, -0.1) is 0 Å². The van der Waals surface area contributed by atoms with Crippen LogP contribution in [0, 0.1) is 5.82 Å². The summed E-state index contributed by atoms with van der Waals surface area (Å²) in [6.45, 7) is 0. The van der Waals surface area contributed by atoms with Gasteiger partial charge in [0.1, 0.15) is 18.0 Å². The monoisotopic (exact) mass is 313 g/mol. The molecule has 2 atom stereocenters. The molecule has 0 aliphatic rings. The summed E-state index contributed by atoms with van der Waals surface area (Å²) in [6, 6.07) is 10.7. The highest BCUT2D eigenvalue weighted by atomic mass is 19.1. The minimum atomic E-state index is -1.83. The zero-order valence-corrected chi connectivity index (χ0v) is 11.8. The first-order valence-electron chi connectivity index (χ1n) is 6.66. The lowest BCUT2D eigenvalue weighted by molar-refractivity contribution is 0.0635. The third kappa shape index (κ3) is 3.79. The van der Waals surface area contributed by atoms with Crippen LogP contribution in [0.1, 0.15) is 20.7 Å². The number of nitrogens with zero attached hydrogens (tertiary/aromatic N) is 3. The maximum Gasteiger partial charge on any atom is 0.192 e. The Balaban J connectivity index is 2.30. The first kappa shape index (κ1) is 16.4. The summed E-state index contributed by atoms with van der Waals surface area (Å²) >= 11 is 0. The van der Waals surface area contributed by atoms with Gasteiger partial charge in [-0.2, -0.15) is 0 Å². The van der Waals surface area contributed by atoms with Gasteiger partial charge in [-0.1, -0.05) is 35.4 Å². The molecule has 2 rings (SSSR count). The van der Waals surface area contributed by atoms with Crippen molar-refractivity contribution in [1.82, 2.24) is 0 Å². The second-order valence-corrected chi connectivity index (χ2v) is 4.70. The molecule has 0 saturated heterocycles. The summed E-state index contributed by atoms with van der Waals surface area (Å²) in [5.41, 5.74) is 8.82. The van der Waals surface area contributed by atoms with Crippen LogP contribution >= 0.6 is 0 Å². The van der Waals surface area contributed by atoms with E-state index >= 15 is 0 Å². The van der Waals surface area contributed by atoms with Crippen LogP contribution in [0.4, 0.5) is 4.39 Å². The van der Waals surface area contributed by atoms with Gasteiger partial charge in [-0.25, -0.2) is 4.39 Å². The topological polar surface area (TPSA) is 103 Å². The van der Waals surface area contributed by atoms with E-state index in [0.717, 1.165) is 12.1 Å². The van der Waals surface area contributed by atoms with Crippen molar-refractivity contribution in [2.24, 2.45) is 5.11 Å². The highest BCUT2D eigenvalue weighted by Gasteiger charge is 2.32. The SMILES string of the molecule is [N-]=[N+]=N[C@@H](C(=O)c1ccc(F)cc1)[C@@H](O)C(=O)c1ccccc1. The number of aliphatic hydroxyl groups excluding tert-OH is 1. The fraction of sp³-hybridized carbons (Fsp3) is 0.125. The molecule has 0 fully saturated rings. The maximum atomic E-state index is 12.9. The van der Waals surface area contributed by atoms with E-state index in [1.807, 2.05) is 0 Å². The molecule has 0 saturated carbocycles. The summed E-state index contributed by atoms with van der Waals surface area (Å²) in [5, 5.41) is 13.4. The standard InChI is InChI=1S/C16H12FN3O3/c17-12-8-6-11(7-9-12)14(21)13(19-20-18)16(23)15(22)10-4-2-1-3-5-10/h1-9,13,16,23H/t13-,16+/m0/s1. The second-order valence-electron chi connectivity index (χ2n) is 4.70. The van der Waals surface area contributed by atoms with Gasteiger partial charge < -0.3 is 5.11 Å². The van der Waals surface area contributed by atoms with Crippen LogP contribution in [-0.2, 0) is 0 Å². The predicted molar refractivity (Wildman–Crippen MR) is 80.4 cm³/mol. The van der Waals surface area contributed by atoms with Crippen LogP contribution in [0.3, 0.4) is 0 Å². The van der Waals surface area contributed by atoms with E-state index in [4.69, 9.17) is 5.53 Å². The number of halogens is 1. The van der Waals surface area contributed by atoms with Crippen LogP contribution in [0.15, 0.2) is 59.7 Å². The van der Waals surface area contributed by atoms with E-state index in [2.05, 4.69) is 10.0 Å². The van der Waals surface area contributed by atoms with Gasteiger partial charge in [-0.3, -0.25) is 9.59 Å². The second kappa shape index (κ2) is 7.31. The number of rotatable bonds is 6.